The van der Waals surface area contributed by atoms with Crippen LogP contribution in [-0.2, 0) is 5.88 Å². The molecule has 0 radical (unpaired) electrons. The minimum absolute atomic E-state index is 0.526. The van der Waals surface area contributed by atoms with Gasteiger partial charge in [0.05, 0.1) is 11.6 Å². The van der Waals surface area contributed by atoms with Crippen molar-refractivity contribution in [2.24, 2.45) is 0 Å². The Morgan fingerprint density at radius 1 is 1.31 bits per heavy atom. The van der Waals surface area contributed by atoms with E-state index < -0.39 is 0 Å². The van der Waals surface area contributed by atoms with E-state index in [0.717, 1.165) is 30.0 Å². The monoisotopic (exact) mass is 257 g/mol. The molecule has 1 aromatic heterocycles. The van der Waals surface area contributed by atoms with Crippen LogP contribution in [0.1, 0.15) is 18.5 Å². The normalized spacial score (nSPS) is 22.7. The van der Waals surface area contributed by atoms with Crippen molar-refractivity contribution in [1.29, 1.82) is 0 Å². The zero-order valence-corrected chi connectivity index (χ0v) is 10.8. The number of anilines is 1. The van der Waals surface area contributed by atoms with Crippen molar-refractivity contribution >= 4 is 28.1 Å². The Kier molecular flexibility index (Phi) is 3.05. The zero-order chi connectivity index (χ0) is 11.0. The van der Waals surface area contributed by atoms with Gasteiger partial charge in [-0.15, -0.1) is 22.9 Å². The molecule has 16 heavy (non-hydrogen) atoms. The topological polar surface area (TPSA) is 19.4 Å². The number of nitrogens with zero attached hydrogens (tertiary/aromatic N) is 3. The lowest BCUT2D eigenvalue weighted by molar-refractivity contribution is 0.248. The fourth-order valence-electron chi connectivity index (χ4n) is 2.22. The average Bonchev–Trinajstić information content (AvgIpc) is 3.07. The molecular weight excluding hydrogens is 242 g/mol. The second-order valence-corrected chi connectivity index (χ2v) is 5.61. The first-order chi connectivity index (χ1) is 7.86. The number of thiazole rings is 1. The summed E-state index contributed by atoms with van der Waals surface area (Å²) in [5.74, 6) is 0.526. The molecular formula is C11H16ClN3S. The quantitative estimate of drug-likeness (QED) is 0.774. The summed E-state index contributed by atoms with van der Waals surface area (Å²) in [7, 11) is 0. The molecule has 1 aliphatic heterocycles. The van der Waals surface area contributed by atoms with Crippen molar-refractivity contribution in [3.05, 3.63) is 11.1 Å². The van der Waals surface area contributed by atoms with E-state index in [2.05, 4.69) is 20.2 Å². The number of halogens is 1. The van der Waals surface area contributed by atoms with Gasteiger partial charge in [0, 0.05) is 37.6 Å². The maximum atomic E-state index is 5.77. The summed E-state index contributed by atoms with van der Waals surface area (Å²) in [4.78, 5) is 9.54. The molecule has 0 aromatic carbocycles. The summed E-state index contributed by atoms with van der Waals surface area (Å²) in [5, 5.41) is 3.21. The van der Waals surface area contributed by atoms with Crippen LogP contribution in [0, 0.1) is 0 Å². The van der Waals surface area contributed by atoms with Crippen molar-refractivity contribution in [3.8, 4) is 0 Å². The van der Waals surface area contributed by atoms with Crippen molar-refractivity contribution in [3.63, 3.8) is 0 Å². The van der Waals surface area contributed by atoms with Gasteiger partial charge in [-0.2, -0.15) is 0 Å². The van der Waals surface area contributed by atoms with Crippen LogP contribution < -0.4 is 4.90 Å². The van der Waals surface area contributed by atoms with Gasteiger partial charge in [0.1, 0.15) is 0 Å². The van der Waals surface area contributed by atoms with Gasteiger partial charge in [0.2, 0.25) is 0 Å². The van der Waals surface area contributed by atoms with E-state index >= 15 is 0 Å². The highest BCUT2D eigenvalue weighted by atomic mass is 35.5. The lowest BCUT2D eigenvalue weighted by Crippen LogP contribution is -2.47. The van der Waals surface area contributed by atoms with Crippen LogP contribution in [0.4, 0.5) is 5.13 Å². The Balaban J connectivity index is 1.60. The van der Waals surface area contributed by atoms with Crippen LogP contribution in [0.25, 0.3) is 0 Å². The van der Waals surface area contributed by atoms with Crippen LogP contribution in [-0.4, -0.2) is 42.1 Å². The number of piperazine rings is 1. The summed E-state index contributed by atoms with van der Waals surface area (Å²) in [5.41, 5.74) is 1.01. The SMILES string of the molecule is ClCc1csc(N2CCN(C3CC3)CC2)n1. The zero-order valence-electron chi connectivity index (χ0n) is 9.23. The number of alkyl halides is 1. The molecule has 1 aromatic rings. The highest BCUT2D eigenvalue weighted by Gasteiger charge is 2.31. The van der Waals surface area contributed by atoms with Gasteiger partial charge in [0.15, 0.2) is 5.13 Å². The van der Waals surface area contributed by atoms with E-state index in [1.54, 1.807) is 11.3 Å². The van der Waals surface area contributed by atoms with Crippen LogP contribution in [0.5, 0.6) is 0 Å². The molecule has 2 aliphatic rings. The molecule has 3 nitrogen and oxygen atoms in total. The number of rotatable bonds is 3. The van der Waals surface area contributed by atoms with Crippen LogP contribution in [0.15, 0.2) is 5.38 Å². The summed E-state index contributed by atoms with van der Waals surface area (Å²) in [6.07, 6.45) is 2.82. The Labute approximate surface area is 105 Å². The smallest absolute Gasteiger partial charge is 0.185 e. The fraction of sp³-hybridized carbons (Fsp3) is 0.727. The highest BCUT2D eigenvalue weighted by molar-refractivity contribution is 7.13. The molecule has 2 heterocycles. The first-order valence-electron chi connectivity index (χ1n) is 5.86. The van der Waals surface area contributed by atoms with Gasteiger partial charge in [-0.1, -0.05) is 0 Å². The number of hydrogen-bond donors (Lipinski definition) is 0. The first kappa shape index (κ1) is 10.8. The molecule has 1 aliphatic carbocycles. The van der Waals surface area contributed by atoms with Crippen molar-refractivity contribution in [2.45, 2.75) is 24.8 Å². The third kappa shape index (κ3) is 2.19. The molecule has 0 bridgehead atoms. The van der Waals surface area contributed by atoms with Crippen molar-refractivity contribution in [2.75, 3.05) is 31.1 Å². The van der Waals surface area contributed by atoms with Gasteiger partial charge in [-0.25, -0.2) is 4.98 Å². The Hall–Kier alpha value is -0.320. The molecule has 1 saturated carbocycles. The third-order valence-corrected chi connectivity index (χ3v) is 4.55. The van der Waals surface area contributed by atoms with Crippen molar-refractivity contribution < 1.29 is 0 Å². The molecule has 1 saturated heterocycles. The molecule has 3 rings (SSSR count). The van der Waals surface area contributed by atoms with Crippen LogP contribution in [0.2, 0.25) is 0 Å². The fourth-order valence-corrected chi connectivity index (χ4v) is 3.33. The Bertz CT molecular complexity index is 356. The summed E-state index contributed by atoms with van der Waals surface area (Å²) in [6.45, 7) is 4.62. The number of aromatic nitrogens is 1. The summed E-state index contributed by atoms with van der Waals surface area (Å²) >= 11 is 7.49. The van der Waals surface area contributed by atoms with Crippen LogP contribution >= 0.6 is 22.9 Å². The molecule has 0 atom stereocenters. The maximum Gasteiger partial charge on any atom is 0.185 e. The molecule has 88 valence electrons. The second-order valence-electron chi connectivity index (χ2n) is 4.51. The summed E-state index contributed by atoms with van der Waals surface area (Å²) in [6, 6.07) is 0.900. The van der Waals surface area contributed by atoms with Gasteiger partial charge in [-0.05, 0) is 12.8 Å². The average molecular weight is 258 g/mol. The highest BCUT2D eigenvalue weighted by Crippen LogP contribution is 2.29. The predicted molar refractivity (Wildman–Crippen MR) is 68.5 cm³/mol. The molecule has 2 fully saturated rings. The molecule has 0 spiro atoms. The van der Waals surface area contributed by atoms with Gasteiger partial charge >= 0.3 is 0 Å². The minimum Gasteiger partial charge on any atom is -0.346 e. The lowest BCUT2D eigenvalue weighted by atomic mass is 10.3. The maximum absolute atomic E-state index is 5.77. The van der Waals surface area contributed by atoms with Gasteiger partial charge in [0.25, 0.3) is 0 Å². The van der Waals surface area contributed by atoms with Crippen molar-refractivity contribution in [1.82, 2.24) is 9.88 Å². The predicted octanol–water partition coefficient (Wildman–Crippen LogP) is 2.17. The van der Waals surface area contributed by atoms with E-state index in [-0.39, 0.29) is 0 Å². The van der Waals surface area contributed by atoms with E-state index in [0.29, 0.717) is 5.88 Å². The number of hydrogen-bond acceptors (Lipinski definition) is 4. The van der Waals surface area contributed by atoms with E-state index in [9.17, 15) is 0 Å². The van der Waals surface area contributed by atoms with Gasteiger partial charge in [-0.3, -0.25) is 4.90 Å². The van der Waals surface area contributed by atoms with E-state index in [4.69, 9.17) is 11.6 Å². The van der Waals surface area contributed by atoms with E-state index in [1.165, 1.54) is 25.9 Å². The second kappa shape index (κ2) is 4.51. The van der Waals surface area contributed by atoms with Gasteiger partial charge < -0.3 is 4.90 Å². The Morgan fingerprint density at radius 2 is 2.06 bits per heavy atom. The summed E-state index contributed by atoms with van der Waals surface area (Å²) < 4.78 is 0. The van der Waals surface area contributed by atoms with E-state index in [1.807, 2.05) is 0 Å². The third-order valence-electron chi connectivity index (χ3n) is 3.32. The molecule has 5 heteroatoms. The molecule has 0 amide bonds. The molecule has 0 N–H and O–H groups in total. The lowest BCUT2D eigenvalue weighted by Gasteiger charge is -2.34. The first-order valence-corrected chi connectivity index (χ1v) is 7.27. The standard InChI is InChI=1S/C11H16ClN3S/c12-7-9-8-16-11(13-9)15-5-3-14(4-6-15)10-1-2-10/h8,10H,1-7H2. The van der Waals surface area contributed by atoms with Crippen LogP contribution in [0.3, 0.4) is 0 Å². The minimum atomic E-state index is 0.526. The molecule has 0 unspecified atom stereocenters. The Morgan fingerprint density at radius 3 is 2.62 bits per heavy atom. The largest absolute Gasteiger partial charge is 0.346 e.